The first-order valence-electron chi connectivity index (χ1n) is 4.62. The molecule has 0 atom stereocenters. The lowest BCUT2D eigenvalue weighted by Crippen LogP contribution is -1.98. The predicted molar refractivity (Wildman–Crippen MR) is 55.6 cm³/mol. The van der Waals surface area contributed by atoms with E-state index in [0.717, 1.165) is 6.07 Å². The number of pyridine rings is 1. The van der Waals surface area contributed by atoms with Crippen LogP contribution < -0.4 is 4.74 Å². The third-order valence-corrected chi connectivity index (χ3v) is 2.27. The van der Waals surface area contributed by atoms with Crippen LogP contribution in [0, 0.1) is 23.4 Å². The molecule has 0 bridgehead atoms. The molecule has 0 amide bonds. The maximum atomic E-state index is 13.2. The van der Waals surface area contributed by atoms with Gasteiger partial charge in [0.05, 0.1) is 5.02 Å². The number of halogens is 5. The number of aromatic nitrogens is 1. The highest BCUT2D eigenvalue weighted by Crippen LogP contribution is 2.26. The van der Waals surface area contributed by atoms with Gasteiger partial charge in [0, 0.05) is 12.1 Å². The van der Waals surface area contributed by atoms with Gasteiger partial charge in [0.15, 0.2) is 11.6 Å². The van der Waals surface area contributed by atoms with Crippen molar-refractivity contribution < 1.29 is 22.3 Å². The summed E-state index contributed by atoms with van der Waals surface area (Å²) in [6.45, 7) is 0. The Bertz CT molecular complexity index is 606. The highest BCUT2D eigenvalue weighted by Gasteiger charge is 2.14. The molecule has 0 saturated heterocycles. The van der Waals surface area contributed by atoms with E-state index in [1.54, 1.807) is 0 Å². The molecule has 1 aromatic heterocycles. The lowest BCUT2D eigenvalue weighted by Gasteiger charge is -2.06. The van der Waals surface area contributed by atoms with E-state index in [1.165, 1.54) is 12.1 Å². The monoisotopic (exact) mass is 277 g/mol. The fourth-order valence-corrected chi connectivity index (χ4v) is 1.27. The van der Waals surface area contributed by atoms with Gasteiger partial charge >= 0.3 is 0 Å². The molecule has 7 heteroatoms. The van der Waals surface area contributed by atoms with E-state index < -0.39 is 29.3 Å². The van der Waals surface area contributed by atoms with Crippen LogP contribution in [0.1, 0.15) is 0 Å². The fourth-order valence-electron chi connectivity index (χ4n) is 1.15. The second kappa shape index (κ2) is 4.81. The Balaban J connectivity index is 2.34. The smallest absolute Gasteiger partial charge is 0.258 e. The van der Waals surface area contributed by atoms with Gasteiger partial charge < -0.3 is 4.74 Å². The minimum Gasteiger partial charge on any atom is -0.436 e. The van der Waals surface area contributed by atoms with E-state index in [4.69, 9.17) is 16.3 Å². The number of benzene rings is 1. The molecule has 2 rings (SSSR count). The van der Waals surface area contributed by atoms with Crippen molar-refractivity contribution in [2.45, 2.75) is 0 Å². The number of hydrogen-bond acceptors (Lipinski definition) is 2. The first-order valence-corrected chi connectivity index (χ1v) is 4.99. The molecule has 0 spiro atoms. The predicted octanol–water partition coefficient (Wildman–Crippen LogP) is 4.08. The summed E-state index contributed by atoms with van der Waals surface area (Å²) in [4.78, 5) is 2.93. The standard InChI is InChI=1S/C11H4ClF4NO/c12-6-2-1-5(3-7(6)13)18-11-9(15)4-8(14)10(16)17-11/h1-4H. The molecule has 0 aliphatic carbocycles. The van der Waals surface area contributed by atoms with Crippen LogP contribution in [-0.4, -0.2) is 4.98 Å². The second-order valence-electron chi connectivity index (χ2n) is 3.23. The van der Waals surface area contributed by atoms with Crippen molar-refractivity contribution in [3.63, 3.8) is 0 Å². The Hall–Kier alpha value is -1.82. The van der Waals surface area contributed by atoms with Crippen LogP contribution in [0.3, 0.4) is 0 Å². The van der Waals surface area contributed by atoms with Crippen LogP contribution in [0.4, 0.5) is 17.6 Å². The molecular formula is C11H4ClF4NO. The van der Waals surface area contributed by atoms with E-state index in [9.17, 15) is 17.6 Å². The summed E-state index contributed by atoms with van der Waals surface area (Å²) < 4.78 is 56.4. The van der Waals surface area contributed by atoms with Gasteiger partial charge in [-0.3, -0.25) is 0 Å². The van der Waals surface area contributed by atoms with Gasteiger partial charge in [-0.15, -0.1) is 0 Å². The van der Waals surface area contributed by atoms with Crippen LogP contribution >= 0.6 is 11.6 Å². The highest BCUT2D eigenvalue weighted by atomic mass is 35.5. The van der Waals surface area contributed by atoms with Crippen molar-refractivity contribution in [2.24, 2.45) is 0 Å². The van der Waals surface area contributed by atoms with Gasteiger partial charge in [0.1, 0.15) is 11.6 Å². The van der Waals surface area contributed by atoms with Gasteiger partial charge in [-0.2, -0.15) is 9.37 Å². The van der Waals surface area contributed by atoms with Gasteiger partial charge in [-0.05, 0) is 12.1 Å². The van der Waals surface area contributed by atoms with Crippen molar-refractivity contribution in [1.82, 2.24) is 4.98 Å². The molecule has 0 aliphatic rings. The lowest BCUT2D eigenvalue weighted by atomic mass is 10.3. The zero-order valence-electron chi connectivity index (χ0n) is 8.55. The van der Waals surface area contributed by atoms with Crippen molar-refractivity contribution >= 4 is 11.6 Å². The molecule has 2 aromatic rings. The van der Waals surface area contributed by atoms with Crippen LogP contribution in [0.15, 0.2) is 24.3 Å². The molecule has 0 N–H and O–H groups in total. The molecular weight excluding hydrogens is 274 g/mol. The van der Waals surface area contributed by atoms with Crippen LogP contribution in [0.25, 0.3) is 0 Å². The van der Waals surface area contributed by atoms with Gasteiger partial charge in [0.2, 0.25) is 0 Å². The van der Waals surface area contributed by atoms with Gasteiger partial charge in [0.25, 0.3) is 11.8 Å². The largest absolute Gasteiger partial charge is 0.436 e. The SMILES string of the molecule is Fc1cc(Oc2nc(F)c(F)cc2F)ccc1Cl. The van der Waals surface area contributed by atoms with Gasteiger partial charge in [-0.25, -0.2) is 13.2 Å². The second-order valence-corrected chi connectivity index (χ2v) is 3.63. The minimum absolute atomic E-state index is 0.144. The van der Waals surface area contributed by atoms with E-state index >= 15 is 0 Å². The minimum atomic E-state index is -1.51. The first-order chi connectivity index (χ1) is 8.47. The molecule has 0 unspecified atom stereocenters. The lowest BCUT2D eigenvalue weighted by molar-refractivity contribution is 0.385. The number of hydrogen-bond donors (Lipinski definition) is 0. The zero-order valence-corrected chi connectivity index (χ0v) is 9.31. The van der Waals surface area contributed by atoms with E-state index in [-0.39, 0.29) is 16.8 Å². The zero-order chi connectivity index (χ0) is 13.3. The Labute approximate surface area is 104 Å². The molecule has 1 heterocycles. The fraction of sp³-hybridized carbons (Fsp3) is 0. The van der Waals surface area contributed by atoms with E-state index in [1.807, 2.05) is 0 Å². The average molecular weight is 278 g/mol. The summed E-state index contributed by atoms with van der Waals surface area (Å²) in [6.07, 6.45) is 0. The Morgan fingerprint density at radius 3 is 2.33 bits per heavy atom. The van der Waals surface area contributed by atoms with E-state index in [0.29, 0.717) is 0 Å². The Kier molecular flexibility index (Phi) is 3.38. The summed E-state index contributed by atoms with van der Waals surface area (Å²) in [5.74, 6) is -5.89. The summed E-state index contributed by atoms with van der Waals surface area (Å²) in [7, 11) is 0. The summed E-state index contributed by atoms with van der Waals surface area (Å²) >= 11 is 5.43. The maximum Gasteiger partial charge on any atom is 0.258 e. The average Bonchev–Trinajstić information content (AvgIpc) is 2.31. The first kappa shape index (κ1) is 12.6. The molecule has 0 radical (unpaired) electrons. The molecule has 94 valence electrons. The van der Waals surface area contributed by atoms with Crippen LogP contribution in [0.2, 0.25) is 5.02 Å². The Morgan fingerprint density at radius 2 is 1.67 bits per heavy atom. The summed E-state index contributed by atoms with van der Waals surface area (Å²) in [5.41, 5.74) is 0. The molecule has 0 saturated carbocycles. The number of rotatable bonds is 2. The van der Waals surface area contributed by atoms with Crippen LogP contribution in [-0.2, 0) is 0 Å². The van der Waals surface area contributed by atoms with Crippen molar-refractivity contribution in [1.29, 1.82) is 0 Å². The van der Waals surface area contributed by atoms with E-state index in [2.05, 4.69) is 4.98 Å². The summed E-state index contributed by atoms with van der Waals surface area (Å²) in [6, 6.07) is 3.55. The molecule has 0 fully saturated rings. The third-order valence-electron chi connectivity index (χ3n) is 1.96. The molecule has 18 heavy (non-hydrogen) atoms. The highest BCUT2D eigenvalue weighted by molar-refractivity contribution is 6.30. The summed E-state index contributed by atoms with van der Waals surface area (Å²) in [5, 5.41) is -0.152. The number of nitrogens with zero attached hydrogens (tertiary/aromatic N) is 1. The Morgan fingerprint density at radius 1 is 0.944 bits per heavy atom. The van der Waals surface area contributed by atoms with Crippen molar-refractivity contribution in [3.05, 3.63) is 52.7 Å². The third kappa shape index (κ3) is 2.53. The van der Waals surface area contributed by atoms with Crippen LogP contribution in [0.5, 0.6) is 11.6 Å². The van der Waals surface area contributed by atoms with Crippen molar-refractivity contribution in [3.8, 4) is 11.6 Å². The number of ether oxygens (including phenoxy) is 1. The van der Waals surface area contributed by atoms with Crippen molar-refractivity contribution in [2.75, 3.05) is 0 Å². The normalized spacial score (nSPS) is 10.5. The molecule has 0 aliphatic heterocycles. The van der Waals surface area contributed by atoms with Gasteiger partial charge in [-0.1, -0.05) is 11.6 Å². The maximum absolute atomic E-state index is 13.2. The molecule has 2 nitrogen and oxygen atoms in total. The topological polar surface area (TPSA) is 22.1 Å². The quantitative estimate of drug-likeness (QED) is 0.609. The molecule has 1 aromatic carbocycles.